The van der Waals surface area contributed by atoms with Crippen molar-refractivity contribution in [3.05, 3.63) is 103 Å². The SMILES string of the molecule is C=CCN(c1ccc(C(=O)Nc2cccc(C(C)=O)c2)cc1)S(=O)(=O)c1ccccc1. The number of nitrogens with zero attached hydrogens (tertiary/aromatic N) is 1. The first-order valence-electron chi connectivity index (χ1n) is 9.54. The number of nitrogens with one attached hydrogen (secondary N) is 1. The Morgan fingerprint density at radius 2 is 1.61 bits per heavy atom. The van der Waals surface area contributed by atoms with E-state index < -0.39 is 10.0 Å². The van der Waals surface area contributed by atoms with Crippen LogP contribution in [-0.4, -0.2) is 26.7 Å². The van der Waals surface area contributed by atoms with Crippen LogP contribution in [0.25, 0.3) is 0 Å². The summed E-state index contributed by atoms with van der Waals surface area (Å²) in [4.78, 5) is 24.3. The van der Waals surface area contributed by atoms with E-state index in [1.807, 2.05) is 0 Å². The van der Waals surface area contributed by atoms with Crippen molar-refractivity contribution >= 4 is 33.1 Å². The summed E-state index contributed by atoms with van der Waals surface area (Å²) < 4.78 is 27.3. The summed E-state index contributed by atoms with van der Waals surface area (Å²) in [7, 11) is -3.78. The predicted molar refractivity (Wildman–Crippen MR) is 122 cm³/mol. The molecule has 0 radical (unpaired) electrons. The molecule has 0 fully saturated rings. The van der Waals surface area contributed by atoms with E-state index in [9.17, 15) is 18.0 Å². The molecule has 1 N–H and O–H groups in total. The van der Waals surface area contributed by atoms with Crippen molar-refractivity contribution in [1.29, 1.82) is 0 Å². The fraction of sp³-hybridized carbons (Fsp3) is 0.0833. The molecule has 0 atom stereocenters. The molecule has 0 bridgehead atoms. The first kappa shape index (κ1) is 22.0. The zero-order valence-corrected chi connectivity index (χ0v) is 17.8. The molecule has 0 aliphatic rings. The van der Waals surface area contributed by atoms with Crippen molar-refractivity contribution in [1.82, 2.24) is 0 Å². The van der Waals surface area contributed by atoms with E-state index in [1.165, 1.54) is 29.4 Å². The molecule has 3 aromatic carbocycles. The highest BCUT2D eigenvalue weighted by atomic mass is 32.2. The number of hydrogen-bond donors (Lipinski definition) is 1. The lowest BCUT2D eigenvalue weighted by Gasteiger charge is -2.23. The van der Waals surface area contributed by atoms with E-state index in [1.54, 1.807) is 66.7 Å². The van der Waals surface area contributed by atoms with Gasteiger partial charge in [-0.2, -0.15) is 0 Å². The molecule has 0 aliphatic heterocycles. The number of carbonyl (C=O) groups excluding carboxylic acids is 2. The molecule has 0 saturated carbocycles. The van der Waals surface area contributed by atoms with E-state index in [0.29, 0.717) is 22.5 Å². The Bertz CT molecular complexity index is 1200. The fourth-order valence-corrected chi connectivity index (χ4v) is 4.43. The average molecular weight is 435 g/mol. The van der Waals surface area contributed by atoms with Crippen molar-refractivity contribution in [2.75, 3.05) is 16.2 Å². The van der Waals surface area contributed by atoms with Crippen LogP contribution in [0.5, 0.6) is 0 Å². The van der Waals surface area contributed by atoms with Gasteiger partial charge in [-0.1, -0.05) is 36.4 Å². The van der Waals surface area contributed by atoms with E-state index >= 15 is 0 Å². The Morgan fingerprint density at radius 1 is 0.935 bits per heavy atom. The zero-order valence-electron chi connectivity index (χ0n) is 17.0. The molecule has 0 unspecified atom stereocenters. The van der Waals surface area contributed by atoms with Gasteiger partial charge in [0.15, 0.2) is 5.78 Å². The molecule has 0 heterocycles. The highest BCUT2D eigenvalue weighted by Gasteiger charge is 2.24. The second-order valence-electron chi connectivity index (χ2n) is 6.78. The summed E-state index contributed by atoms with van der Waals surface area (Å²) in [5, 5.41) is 2.74. The molecular formula is C24H22N2O4S. The van der Waals surface area contributed by atoms with Gasteiger partial charge >= 0.3 is 0 Å². The first-order chi connectivity index (χ1) is 14.8. The highest BCUT2D eigenvalue weighted by molar-refractivity contribution is 7.92. The monoisotopic (exact) mass is 434 g/mol. The minimum absolute atomic E-state index is 0.0839. The molecule has 3 aromatic rings. The molecule has 158 valence electrons. The Labute approximate surface area is 181 Å². The second-order valence-corrected chi connectivity index (χ2v) is 8.64. The number of benzene rings is 3. The van der Waals surface area contributed by atoms with Gasteiger partial charge < -0.3 is 5.32 Å². The smallest absolute Gasteiger partial charge is 0.264 e. The number of anilines is 2. The molecule has 3 rings (SSSR count). The number of Topliss-reactive ketones (excluding diaryl/α,β-unsaturated/α-hetero) is 1. The maximum Gasteiger partial charge on any atom is 0.264 e. The van der Waals surface area contributed by atoms with E-state index in [0.717, 1.165) is 0 Å². The zero-order chi connectivity index (χ0) is 22.4. The molecule has 0 saturated heterocycles. The Morgan fingerprint density at radius 3 is 2.23 bits per heavy atom. The summed E-state index contributed by atoms with van der Waals surface area (Å²) >= 11 is 0. The molecule has 0 aliphatic carbocycles. The van der Waals surface area contributed by atoms with Crippen LogP contribution in [0, 0.1) is 0 Å². The summed E-state index contributed by atoms with van der Waals surface area (Å²) in [6.07, 6.45) is 1.50. The molecule has 1 amide bonds. The summed E-state index contributed by atoms with van der Waals surface area (Å²) in [5.41, 5.74) is 1.77. The first-order valence-corrected chi connectivity index (χ1v) is 11.0. The van der Waals surface area contributed by atoms with Gasteiger partial charge in [0.2, 0.25) is 0 Å². The third-order valence-corrected chi connectivity index (χ3v) is 6.38. The van der Waals surface area contributed by atoms with E-state index in [-0.39, 0.29) is 23.1 Å². The number of amides is 1. The van der Waals surface area contributed by atoms with E-state index in [2.05, 4.69) is 11.9 Å². The average Bonchev–Trinajstić information content (AvgIpc) is 2.78. The molecular weight excluding hydrogens is 412 g/mol. The van der Waals surface area contributed by atoms with Crippen LogP contribution in [0.3, 0.4) is 0 Å². The maximum absolute atomic E-state index is 13.0. The van der Waals surface area contributed by atoms with Gasteiger partial charge in [0.25, 0.3) is 15.9 Å². The quantitative estimate of drug-likeness (QED) is 0.417. The third kappa shape index (κ3) is 5.07. The topological polar surface area (TPSA) is 83.6 Å². The minimum Gasteiger partial charge on any atom is -0.322 e. The van der Waals surface area contributed by atoms with Crippen LogP contribution in [-0.2, 0) is 10.0 Å². The lowest BCUT2D eigenvalue weighted by Crippen LogP contribution is -2.31. The van der Waals surface area contributed by atoms with Crippen LogP contribution in [0.4, 0.5) is 11.4 Å². The van der Waals surface area contributed by atoms with Crippen molar-refractivity contribution in [3.63, 3.8) is 0 Å². The van der Waals surface area contributed by atoms with Crippen LogP contribution in [0.1, 0.15) is 27.6 Å². The standard InChI is InChI=1S/C24H22N2O4S/c1-3-16-26(31(29,30)23-10-5-4-6-11-23)22-14-12-19(13-15-22)24(28)25-21-9-7-8-20(17-21)18(2)27/h3-15,17H,1,16H2,2H3,(H,25,28). The lowest BCUT2D eigenvalue weighted by atomic mass is 10.1. The molecule has 6 nitrogen and oxygen atoms in total. The number of ketones is 1. The normalized spacial score (nSPS) is 10.9. The number of sulfonamides is 1. The van der Waals surface area contributed by atoms with Gasteiger partial charge in [0.05, 0.1) is 17.1 Å². The van der Waals surface area contributed by atoms with E-state index in [4.69, 9.17) is 0 Å². The number of rotatable bonds is 8. The van der Waals surface area contributed by atoms with Crippen LogP contribution < -0.4 is 9.62 Å². The second kappa shape index (κ2) is 9.40. The van der Waals surface area contributed by atoms with Crippen LogP contribution in [0.15, 0.2) is 96.4 Å². The number of hydrogen-bond acceptors (Lipinski definition) is 4. The Balaban J connectivity index is 1.83. The maximum atomic E-state index is 13.0. The Kier molecular flexibility index (Phi) is 6.67. The fourth-order valence-electron chi connectivity index (χ4n) is 2.98. The van der Waals surface area contributed by atoms with Gasteiger partial charge in [-0.05, 0) is 55.5 Å². The molecule has 0 spiro atoms. The van der Waals surface area contributed by atoms with Gasteiger partial charge in [-0.25, -0.2) is 8.42 Å². The molecule has 7 heteroatoms. The van der Waals surface area contributed by atoms with Crippen molar-refractivity contribution in [2.45, 2.75) is 11.8 Å². The lowest BCUT2D eigenvalue weighted by molar-refractivity contribution is 0.101. The van der Waals surface area contributed by atoms with Gasteiger partial charge in [0.1, 0.15) is 0 Å². The van der Waals surface area contributed by atoms with Gasteiger partial charge in [-0.3, -0.25) is 13.9 Å². The van der Waals surface area contributed by atoms with Crippen molar-refractivity contribution in [2.24, 2.45) is 0 Å². The molecule has 0 aromatic heterocycles. The molecule has 31 heavy (non-hydrogen) atoms. The van der Waals surface area contributed by atoms with Gasteiger partial charge in [0, 0.05) is 16.8 Å². The summed E-state index contributed by atoms with van der Waals surface area (Å²) in [6, 6.07) is 21.0. The largest absolute Gasteiger partial charge is 0.322 e. The minimum atomic E-state index is -3.78. The predicted octanol–water partition coefficient (Wildman–Crippen LogP) is 4.52. The summed E-state index contributed by atoms with van der Waals surface area (Å²) in [6.45, 7) is 5.19. The third-order valence-electron chi connectivity index (χ3n) is 4.57. The van der Waals surface area contributed by atoms with Crippen molar-refractivity contribution in [3.8, 4) is 0 Å². The van der Waals surface area contributed by atoms with Crippen molar-refractivity contribution < 1.29 is 18.0 Å². The van der Waals surface area contributed by atoms with Gasteiger partial charge in [-0.15, -0.1) is 6.58 Å². The van der Waals surface area contributed by atoms with Crippen LogP contribution in [0.2, 0.25) is 0 Å². The van der Waals surface area contributed by atoms with Crippen LogP contribution >= 0.6 is 0 Å². The number of carbonyl (C=O) groups is 2. The Hall–Kier alpha value is -3.71. The summed E-state index contributed by atoms with van der Waals surface area (Å²) in [5.74, 6) is -0.462. The highest BCUT2D eigenvalue weighted by Crippen LogP contribution is 2.24.